The first-order valence-corrected chi connectivity index (χ1v) is 7.54. The summed E-state index contributed by atoms with van der Waals surface area (Å²) in [6, 6.07) is 14.7. The minimum Gasteiger partial charge on any atom is -0.456 e. The van der Waals surface area contributed by atoms with E-state index in [2.05, 4.69) is 6.07 Å². The largest absolute Gasteiger partial charge is 0.456 e. The van der Waals surface area contributed by atoms with Crippen molar-refractivity contribution in [3.05, 3.63) is 70.4 Å². The first-order chi connectivity index (χ1) is 11.1. The van der Waals surface area contributed by atoms with Crippen molar-refractivity contribution >= 4 is 17.9 Å². The van der Waals surface area contributed by atoms with Crippen molar-refractivity contribution in [2.45, 2.75) is 13.8 Å². The third-order valence-electron chi connectivity index (χ3n) is 3.51. The molecule has 0 fully saturated rings. The van der Waals surface area contributed by atoms with Crippen molar-refractivity contribution in [3.8, 4) is 22.8 Å². The molecule has 0 unspecified atom stereocenters. The Morgan fingerprint density at radius 2 is 1.78 bits per heavy atom. The maximum Gasteiger partial charge on any atom is 0.185 e. The molecule has 0 aliphatic carbocycles. The van der Waals surface area contributed by atoms with E-state index in [9.17, 15) is 4.79 Å². The molecule has 0 spiro atoms. The van der Waals surface area contributed by atoms with Gasteiger partial charge in [0.2, 0.25) is 0 Å². The molecular formula is C19H15ClO3. The fourth-order valence-corrected chi connectivity index (χ4v) is 2.56. The second-order valence-electron chi connectivity index (χ2n) is 5.34. The highest BCUT2D eigenvalue weighted by Crippen LogP contribution is 2.35. The van der Waals surface area contributed by atoms with Crippen LogP contribution in [-0.2, 0) is 0 Å². The van der Waals surface area contributed by atoms with Gasteiger partial charge in [-0.25, -0.2) is 0 Å². The Kier molecular flexibility index (Phi) is 4.22. The van der Waals surface area contributed by atoms with E-state index in [1.807, 2.05) is 32.0 Å². The second-order valence-corrected chi connectivity index (χ2v) is 5.74. The summed E-state index contributed by atoms with van der Waals surface area (Å²) in [6.45, 7) is 4.03. The number of halogens is 1. The van der Waals surface area contributed by atoms with Gasteiger partial charge >= 0.3 is 0 Å². The van der Waals surface area contributed by atoms with Crippen molar-refractivity contribution in [2.75, 3.05) is 0 Å². The van der Waals surface area contributed by atoms with E-state index in [1.54, 1.807) is 24.3 Å². The summed E-state index contributed by atoms with van der Waals surface area (Å²) in [5.41, 5.74) is 3.02. The maximum absolute atomic E-state index is 10.7. The van der Waals surface area contributed by atoms with Crippen LogP contribution in [0.5, 0.6) is 11.5 Å². The number of carbonyl (C=O) groups is 1. The van der Waals surface area contributed by atoms with Crippen LogP contribution < -0.4 is 4.74 Å². The molecule has 4 heteroatoms. The molecule has 0 N–H and O–H groups in total. The first kappa shape index (κ1) is 15.4. The molecule has 0 amide bonds. The SMILES string of the molecule is Cc1ccc(Oc2ccc(-c3ccc(C=O)o3)cc2Cl)c(C)c1. The zero-order valence-corrected chi connectivity index (χ0v) is 13.6. The zero-order chi connectivity index (χ0) is 16.4. The number of benzene rings is 2. The van der Waals surface area contributed by atoms with Gasteiger partial charge in [0.1, 0.15) is 17.3 Å². The molecule has 0 radical (unpaired) electrons. The van der Waals surface area contributed by atoms with Crippen LogP contribution in [0.15, 0.2) is 52.9 Å². The van der Waals surface area contributed by atoms with Crippen LogP contribution >= 0.6 is 11.6 Å². The second kappa shape index (κ2) is 6.31. The highest BCUT2D eigenvalue weighted by molar-refractivity contribution is 6.32. The van der Waals surface area contributed by atoms with Crippen molar-refractivity contribution in [3.63, 3.8) is 0 Å². The number of rotatable bonds is 4. The Hall–Kier alpha value is -2.52. The van der Waals surface area contributed by atoms with E-state index in [0.717, 1.165) is 16.9 Å². The molecular weight excluding hydrogens is 312 g/mol. The summed E-state index contributed by atoms with van der Waals surface area (Å²) in [4.78, 5) is 10.7. The molecule has 0 aliphatic rings. The molecule has 2 aromatic carbocycles. The van der Waals surface area contributed by atoms with Gasteiger partial charge in [-0.15, -0.1) is 0 Å². The minimum atomic E-state index is 0.284. The Balaban J connectivity index is 1.88. The number of carbonyl (C=O) groups excluding carboxylic acids is 1. The fourth-order valence-electron chi connectivity index (χ4n) is 2.34. The van der Waals surface area contributed by atoms with Crippen LogP contribution in [0, 0.1) is 13.8 Å². The van der Waals surface area contributed by atoms with E-state index in [4.69, 9.17) is 20.8 Å². The predicted molar refractivity (Wildman–Crippen MR) is 90.5 cm³/mol. The van der Waals surface area contributed by atoms with Gasteiger partial charge in [0.25, 0.3) is 0 Å². The topological polar surface area (TPSA) is 39.4 Å². The lowest BCUT2D eigenvalue weighted by Crippen LogP contribution is -1.89. The number of furan rings is 1. The molecule has 0 atom stereocenters. The van der Waals surface area contributed by atoms with Gasteiger partial charge in [-0.1, -0.05) is 29.3 Å². The van der Waals surface area contributed by atoms with Gasteiger partial charge in [0.15, 0.2) is 12.0 Å². The van der Waals surface area contributed by atoms with Crippen LogP contribution in [0.1, 0.15) is 21.7 Å². The molecule has 0 aliphatic heterocycles. The van der Waals surface area contributed by atoms with Crippen LogP contribution in [0.4, 0.5) is 0 Å². The molecule has 3 rings (SSSR count). The molecule has 23 heavy (non-hydrogen) atoms. The zero-order valence-electron chi connectivity index (χ0n) is 12.8. The van der Waals surface area contributed by atoms with Gasteiger partial charge < -0.3 is 9.15 Å². The molecule has 0 saturated heterocycles. The Morgan fingerprint density at radius 1 is 1.00 bits per heavy atom. The maximum atomic E-state index is 10.7. The lowest BCUT2D eigenvalue weighted by atomic mass is 10.1. The quantitative estimate of drug-likeness (QED) is 0.567. The van der Waals surface area contributed by atoms with Crippen LogP contribution in [-0.4, -0.2) is 6.29 Å². The molecule has 116 valence electrons. The normalized spacial score (nSPS) is 10.6. The molecule has 0 bridgehead atoms. The predicted octanol–water partition coefficient (Wildman–Crippen LogP) is 5.82. The number of aryl methyl sites for hydroxylation is 2. The average Bonchev–Trinajstić information content (AvgIpc) is 3.00. The number of ether oxygens (including phenoxy) is 1. The molecule has 3 aromatic rings. The smallest absolute Gasteiger partial charge is 0.185 e. The van der Waals surface area contributed by atoms with Gasteiger partial charge in [0, 0.05) is 5.56 Å². The fraction of sp³-hybridized carbons (Fsp3) is 0.105. The highest BCUT2D eigenvalue weighted by atomic mass is 35.5. The number of hydrogen-bond donors (Lipinski definition) is 0. The van der Waals surface area contributed by atoms with E-state index in [1.165, 1.54) is 5.56 Å². The van der Waals surface area contributed by atoms with Crippen molar-refractivity contribution in [2.24, 2.45) is 0 Å². The lowest BCUT2D eigenvalue weighted by molar-refractivity contribution is 0.110. The standard InChI is InChI=1S/C19H15ClO3/c1-12-3-6-17(13(2)9-12)23-19-7-4-14(10-16(19)20)18-8-5-15(11-21)22-18/h3-11H,1-2H3. The summed E-state index contributed by atoms with van der Waals surface area (Å²) >= 11 is 6.32. The van der Waals surface area contributed by atoms with Crippen molar-refractivity contribution in [1.29, 1.82) is 0 Å². The van der Waals surface area contributed by atoms with E-state index in [-0.39, 0.29) is 5.76 Å². The summed E-state index contributed by atoms with van der Waals surface area (Å²) in [5.74, 6) is 2.22. The third kappa shape index (κ3) is 3.30. The summed E-state index contributed by atoms with van der Waals surface area (Å²) in [6.07, 6.45) is 0.669. The summed E-state index contributed by atoms with van der Waals surface area (Å²) in [5, 5.41) is 0.478. The Morgan fingerprint density at radius 3 is 2.43 bits per heavy atom. The third-order valence-corrected chi connectivity index (χ3v) is 3.81. The van der Waals surface area contributed by atoms with E-state index < -0.39 is 0 Å². The van der Waals surface area contributed by atoms with Crippen LogP contribution in [0.2, 0.25) is 5.02 Å². The van der Waals surface area contributed by atoms with Gasteiger partial charge in [-0.05, 0) is 55.8 Å². The molecule has 1 aromatic heterocycles. The summed E-state index contributed by atoms with van der Waals surface area (Å²) in [7, 11) is 0. The van der Waals surface area contributed by atoms with Gasteiger partial charge in [-0.2, -0.15) is 0 Å². The lowest BCUT2D eigenvalue weighted by Gasteiger charge is -2.11. The minimum absolute atomic E-state index is 0.284. The molecule has 1 heterocycles. The molecule has 3 nitrogen and oxygen atoms in total. The highest BCUT2D eigenvalue weighted by Gasteiger charge is 2.10. The average molecular weight is 327 g/mol. The van der Waals surface area contributed by atoms with Crippen LogP contribution in [0.25, 0.3) is 11.3 Å². The monoisotopic (exact) mass is 326 g/mol. The van der Waals surface area contributed by atoms with Gasteiger partial charge in [-0.3, -0.25) is 4.79 Å². The first-order valence-electron chi connectivity index (χ1n) is 7.17. The molecule has 0 saturated carbocycles. The van der Waals surface area contributed by atoms with Crippen LogP contribution in [0.3, 0.4) is 0 Å². The van der Waals surface area contributed by atoms with Crippen molar-refractivity contribution in [1.82, 2.24) is 0 Å². The van der Waals surface area contributed by atoms with E-state index in [0.29, 0.717) is 22.8 Å². The van der Waals surface area contributed by atoms with Gasteiger partial charge in [0.05, 0.1) is 5.02 Å². The van der Waals surface area contributed by atoms with E-state index >= 15 is 0 Å². The Labute approximate surface area is 139 Å². The summed E-state index contributed by atoms with van der Waals surface area (Å²) < 4.78 is 11.3. The van der Waals surface area contributed by atoms with Crippen molar-refractivity contribution < 1.29 is 13.9 Å². The number of aldehydes is 1. The number of hydrogen-bond acceptors (Lipinski definition) is 3. The Bertz CT molecular complexity index is 865.